The van der Waals surface area contributed by atoms with Gasteiger partial charge in [-0.25, -0.2) is 0 Å². The van der Waals surface area contributed by atoms with E-state index in [1.54, 1.807) is 0 Å². The van der Waals surface area contributed by atoms with Gasteiger partial charge in [0, 0.05) is 10.5 Å². The maximum Gasteiger partial charge on any atom is 0.0303 e. The number of hydrogen-bond acceptors (Lipinski definition) is 2. The van der Waals surface area contributed by atoms with E-state index in [1.165, 1.54) is 36.0 Å². The van der Waals surface area contributed by atoms with E-state index >= 15 is 0 Å². The smallest absolute Gasteiger partial charge is 0.0303 e. The van der Waals surface area contributed by atoms with Crippen LogP contribution in [-0.4, -0.2) is 19.6 Å². The van der Waals surface area contributed by atoms with Crippen molar-refractivity contribution in [1.82, 2.24) is 10.6 Å². The number of hydrogen-bond donors (Lipinski definition) is 2. The molecule has 2 rings (SSSR count). The third-order valence-electron chi connectivity index (χ3n) is 3.54. The zero-order chi connectivity index (χ0) is 12.1. The predicted molar refractivity (Wildman–Crippen MR) is 76.2 cm³/mol. The van der Waals surface area contributed by atoms with E-state index in [9.17, 15) is 0 Å². The number of halogens is 1. The molecular formula is C14H21BrN2. The Bertz CT molecular complexity index is 348. The highest BCUT2D eigenvalue weighted by molar-refractivity contribution is 9.10. The minimum atomic E-state index is 0.417. The van der Waals surface area contributed by atoms with Crippen molar-refractivity contribution in [3.05, 3.63) is 34.3 Å². The highest BCUT2D eigenvalue weighted by atomic mass is 79.9. The molecule has 94 valence electrons. The molecule has 0 unspecified atom stereocenters. The van der Waals surface area contributed by atoms with E-state index < -0.39 is 0 Å². The highest BCUT2D eigenvalue weighted by Gasteiger charge is 2.15. The van der Waals surface area contributed by atoms with Gasteiger partial charge >= 0.3 is 0 Å². The van der Waals surface area contributed by atoms with Crippen LogP contribution in [0.4, 0.5) is 0 Å². The lowest BCUT2D eigenvalue weighted by atomic mass is 9.97. The summed E-state index contributed by atoms with van der Waals surface area (Å²) in [4.78, 5) is 0. The minimum Gasteiger partial charge on any atom is -0.317 e. The van der Waals surface area contributed by atoms with E-state index in [-0.39, 0.29) is 0 Å². The van der Waals surface area contributed by atoms with Gasteiger partial charge in [0.2, 0.25) is 0 Å². The van der Waals surface area contributed by atoms with E-state index in [0.717, 1.165) is 12.5 Å². The summed E-state index contributed by atoms with van der Waals surface area (Å²) in [7, 11) is 0. The Hall–Kier alpha value is -0.380. The zero-order valence-electron chi connectivity index (χ0n) is 10.4. The molecule has 1 aromatic carbocycles. The lowest BCUT2D eigenvalue weighted by Crippen LogP contribution is -2.34. The van der Waals surface area contributed by atoms with E-state index in [4.69, 9.17) is 0 Å². The van der Waals surface area contributed by atoms with Gasteiger partial charge in [0.25, 0.3) is 0 Å². The predicted octanol–water partition coefficient (Wildman–Crippen LogP) is 3.10. The van der Waals surface area contributed by atoms with Crippen LogP contribution in [0.5, 0.6) is 0 Å². The summed E-state index contributed by atoms with van der Waals surface area (Å²) >= 11 is 3.61. The summed E-state index contributed by atoms with van der Waals surface area (Å²) in [5.41, 5.74) is 1.35. The lowest BCUT2D eigenvalue weighted by molar-refractivity contribution is 0.345. The quantitative estimate of drug-likeness (QED) is 0.892. The highest BCUT2D eigenvalue weighted by Crippen LogP contribution is 2.23. The summed E-state index contributed by atoms with van der Waals surface area (Å²) < 4.78 is 1.20. The summed E-state index contributed by atoms with van der Waals surface area (Å²) in [5, 5.41) is 7.06. The number of benzene rings is 1. The van der Waals surface area contributed by atoms with E-state index in [1.807, 2.05) is 0 Å². The molecule has 17 heavy (non-hydrogen) atoms. The van der Waals surface area contributed by atoms with Crippen molar-refractivity contribution in [3.63, 3.8) is 0 Å². The number of nitrogens with one attached hydrogen (secondary N) is 2. The molecule has 1 fully saturated rings. The first-order valence-electron chi connectivity index (χ1n) is 6.46. The topological polar surface area (TPSA) is 24.1 Å². The molecular weight excluding hydrogens is 276 g/mol. The van der Waals surface area contributed by atoms with Crippen molar-refractivity contribution in [2.45, 2.75) is 25.8 Å². The molecule has 3 heteroatoms. The van der Waals surface area contributed by atoms with Crippen LogP contribution in [-0.2, 0) is 0 Å². The number of piperidine rings is 1. The Balaban J connectivity index is 1.84. The van der Waals surface area contributed by atoms with Gasteiger partial charge in [0.1, 0.15) is 0 Å². The second-order valence-corrected chi connectivity index (χ2v) is 5.70. The Kier molecular flexibility index (Phi) is 5.01. The maximum atomic E-state index is 3.65. The molecule has 1 atom stereocenters. The fraction of sp³-hybridized carbons (Fsp3) is 0.571. The lowest BCUT2D eigenvalue weighted by Gasteiger charge is -2.25. The van der Waals surface area contributed by atoms with Gasteiger partial charge in [-0.1, -0.05) is 34.1 Å². The second kappa shape index (κ2) is 6.53. The first-order chi connectivity index (χ1) is 8.27. The van der Waals surface area contributed by atoms with Crippen molar-refractivity contribution < 1.29 is 0 Å². The van der Waals surface area contributed by atoms with Crippen molar-refractivity contribution in [2.24, 2.45) is 5.92 Å². The van der Waals surface area contributed by atoms with Crippen molar-refractivity contribution >= 4 is 15.9 Å². The Morgan fingerprint density at radius 1 is 1.35 bits per heavy atom. The second-order valence-electron chi connectivity index (χ2n) is 4.84. The molecule has 2 nitrogen and oxygen atoms in total. The molecule has 1 aromatic rings. The zero-order valence-corrected chi connectivity index (χ0v) is 12.0. The maximum absolute atomic E-state index is 3.65. The van der Waals surface area contributed by atoms with Gasteiger partial charge < -0.3 is 10.6 Å². The molecule has 0 spiro atoms. The average molecular weight is 297 g/mol. The molecule has 1 aliphatic rings. The summed E-state index contributed by atoms with van der Waals surface area (Å²) in [6.45, 7) is 5.72. The molecule has 1 heterocycles. The van der Waals surface area contributed by atoms with Crippen LogP contribution in [0.25, 0.3) is 0 Å². The van der Waals surface area contributed by atoms with E-state index in [0.29, 0.717) is 6.04 Å². The monoisotopic (exact) mass is 296 g/mol. The SMILES string of the molecule is C[C@H](NCC1CCNCC1)c1ccccc1Br. The third-order valence-corrected chi connectivity index (χ3v) is 4.27. The van der Waals surface area contributed by atoms with Crippen LogP contribution in [0.1, 0.15) is 31.4 Å². The van der Waals surface area contributed by atoms with Crippen LogP contribution in [0.2, 0.25) is 0 Å². The minimum absolute atomic E-state index is 0.417. The molecule has 0 saturated carbocycles. The Morgan fingerprint density at radius 3 is 2.76 bits per heavy atom. The standard InChI is InChI=1S/C14H21BrN2/c1-11(13-4-2-3-5-14(13)15)17-10-12-6-8-16-9-7-12/h2-5,11-12,16-17H,6-10H2,1H3/t11-/m0/s1. The third kappa shape index (κ3) is 3.80. The van der Waals surface area contributed by atoms with Crippen LogP contribution >= 0.6 is 15.9 Å². The van der Waals surface area contributed by atoms with Gasteiger partial charge in [0.15, 0.2) is 0 Å². The number of rotatable bonds is 4. The van der Waals surface area contributed by atoms with Gasteiger partial charge in [-0.15, -0.1) is 0 Å². The van der Waals surface area contributed by atoms with E-state index in [2.05, 4.69) is 57.8 Å². The summed E-state index contributed by atoms with van der Waals surface area (Å²) in [6.07, 6.45) is 2.60. The van der Waals surface area contributed by atoms with Gasteiger partial charge in [-0.05, 0) is 56.9 Å². The first-order valence-corrected chi connectivity index (χ1v) is 7.25. The molecule has 2 N–H and O–H groups in total. The van der Waals surface area contributed by atoms with Gasteiger partial charge in [-0.3, -0.25) is 0 Å². The van der Waals surface area contributed by atoms with Crippen LogP contribution < -0.4 is 10.6 Å². The summed E-state index contributed by atoms with van der Waals surface area (Å²) in [6, 6.07) is 8.87. The Morgan fingerprint density at radius 2 is 2.06 bits per heavy atom. The molecule has 0 aliphatic carbocycles. The molecule has 0 aromatic heterocycles. The average Bonchev–Trinajstić information content (AvgIpc) is 2.38. The molecule has 0 amide bonds. The van der Waals surface area contributed by atoms with Crippen LogP contribution in [0.3, 0.4) is 0 Å². The van der Waals surface area contributed by atoms with Gasteiger partial charge in [0.05, 0.1) is 0 Å². The summed E-state index contributed by atoms with van der Waals surface area (Å²) in [5.74, 6) is 0.834. The first kappa shape index (κ1) is 13.1. The van der Waals surface area contributed by atoms with Crippen LogP contribution in [0.15, 0.2) is 28.7 Å². The molecule has 0 bridgehead atoms. The van der Waals surface area contributed by atoms with Crippen molar-refractivity contribution in [1.29, 1.82) is 0 Å². The molecule has 0 radical (unpaired) electrons. The fourth-order valence-electron chi connectivity index (χ4n) is 2.37. The van der Waals surface area contributed by atoms with Gasteiger partial charge in [-0.2, -0.15) is 0 Å². The normalized spacial score (nSPS) is 19.2. The molecule has 1 aliphatic heterocycles. The largest absolute Gasteiger partial charge is 0.317 e. The molecule has 1 saturated heterocycles. The Labute approximate surface area is 112 Å². The van der Waals surface area contributed by atoms with Crippen molar-refractivity contribution in [2.75, 3.05) is 19.6 Å². The van der Waals surface area contributed by atoms with Crippen LogP contribution in [0, 0.1) is 5.92 Å². The van der Waals surface area contributed by atoms with Crippen molar-refractivity contribution in [3.8, 4) is 0 Å². The fourth-order valence-corrected chi connectivity index (χ4v) is 2.99.